The van der Waals surface area contributed by atoms with Crippen molar-refractivity contribution in [1.82, 2.24) is 0 Å². The van der Waals surface area contributed by atoms with Crippen molar-refractivity contribution in [2.75, 3.05) is 0 Å². The topological polar surface area (TPSA) is 3.88 Å². The van der Waals surface area contributed by atoms with Crippen molar-refractivity contribution < 1.29 is 17.0 Å². The van der Waals surface area contributed by atoms with Crippen LogP contribution in [0.15, 0.2) is 18.2 Å². The molecule has 0 aliphatic rings. The molecule has 1 aromatic heterocycles. The van der Waals surface area contributed by atoms with E-state index < -0.39 is 0 Å². The first kappa shape index (κ1) is 12.4. The second kappa shape index (κ2) is 5.98. The van der Waals surface area contributed by atoms with Gasteiger partial charge in [0.15, 0.2) is 11.4 Å². The summed E-state index contributed by atoms with van der Waals surface area (Å²) in [4.78, 5) is 0. The molecule has 0 bridgehead atoms. The van der Waals surface area contributed by atoms with Gasteiger partial charge in [0.25, 0.3) is 0 Å². The van der Waals surface area contributed by atoms with Crippen LogP contribution in [-0.2, 0) is 6.54 Å². The van der Waals surface area contributed by atoms with E-state index in [1.54, 1.807) is 0 Å². The number of aromatic nitrogens is 1. The summed E-state index contributed by atoms with van der Waals surface area (Å²) in [5.41, 5.74) is 2.73. The fourth-order valence-electron chi connectivity index (χ4n) is 1.45. The molecule has 1 aromatic rings. The number of hydrogen-bond acceptors (Lipinski definition) is 0. The smallest absolute Gasteiger partial charge is 0.178 e. The van der Waals surface area contributed by atoms with Gasteiger partial charge in [-0.05, 0) is 6.07 Å². The molecule has 1 nitrogen and oxygen atoms in total. The second-order valence-electron chi connectivity index (χ2n) is 3.31. The lowest BCUT2D eigenvalue weighted by Crippen LogP contribution is -3.00. The standard InChI is InChI=1S/C11H18N.ClH/c1-4-5-9-12-10(2)7-6-8-11(12)3;/h6-8H,4-5,9H2,1-3H3;1H/q+1;/p-1. The molecule has 2 heteroatoms. The fraction of sp³-hybridized carbons (Fsp3) is 0.545. The highest BCUT2D eigenvalue weighted by molar-refractivity contribution is 5.00. The highest BCUT2D eigenvalue weighted by Gasteiger charge is 2.07. The summed E-state index contributed by atoms with van der Waals surface area (Å²) >= 11 is 0. The molecule has 0 aliphatic carbocycles. The van der Waals surface area contributed by atoms with Crippen molar-refractivity contribution in [1.29, 1.82) is 0 Å². The van der Waals surface area contributed by atoms with Gasteiger partial charge in [-0.15, -0.1) is 0 Å². The largest absolute Gasteiger partial charge is 1.00 e. The van der Waals surface area contributed by atoms with Crippen LogP contribution in [0.25, 0.3) is 0 Å². The van der Waals surface area contributed by atoms with Gasteiger partial charge in [0.05, 0.1) is 0 Å². The van der Waals surface area contributed by atoms with Gasteiger partial charge in [-0.2, -0.15) is 0 Å². The number of hydrogen-bond donors (Lipinski definition) is 0. The third-order valence-electron chi connectivity index (χ3n) is 2.26. The summed E-state index contributed by atoms with van der Waals surface area (Å²) < 4.78 is 2.38. The molecule has 13 heavy (non-hydrogen) atoms. The van der Waals surface area contributed by atoms with Gasteiger partial charge in [0.1, 0.15) is 6.54 Å². The van der Waals surface area contributed by atoms with Gasteiger partial charge in [-0.25, -0.2) is 4.57 Å². The average molecular weight is 200 g/mol. The predicted molar refractivity (Wildman–Crippen MR) is 51.0 cm³/mol. The number of halogens is 1. The molecular formula is C11H18ClN. The zero-order chi connectivity index (χ0) is 8.97. The molecule has 0 spiro atoms. The van der Waals surface area contributed by atoms with E-state index in [0.717, 1.165) is 6.54 Å². The molecule has 0 fully saturated rings. The van der Waals surface area contributed by atoms with E-state index in [2.05, 4.69) is 43.5 Å². The van der Waals surface area contributed by atoms with Gasteiger partial charge in [0, 0.05) is 32.4 Å². The third-order valence-corrected chi connectivity index (χ3v) is 2.26. The molecule has 74 valence electrons. The average Bonchev–Trinajstić information content (AvgIpc) is 2.04. The summed E-state index contributed by atoms with van der Waals surface area (Å²) in [6, 6.07) is 6.46. The van der Waals surface area contributed by atoms with Crippen molar-refractivity contribution in [3.63, 3.8) is 0 Å². The first-order chi connectivity index (χ1) is 5.75. The highest BCUT2D eigenvalue weighted by atomic mass is 35.5. The van der Waals surface area contributed by atoms with Crippen molar-refractivity contribution in [3.8, 4) is 0 Å². The van der Waals surface area contributed by atoms with Gasteiger partial charge in [-0.3, -0.25) is 0 Å². The first-order valence-electron chi connectivity index (χ1n) is 4.71. The Bertz CT molecular complexity index is 238. The molecule has 0 amide bonds. The van der Waals surface area contributed by atoms with Crippen LogP contribution in [0.4, 0.5) is 0 Å². The molecule has 1 heterocycles. The molecule has 0 saturated heterocycles. The first-order valence-corrected chi connectivity index (χ1v) is 4.71. The van der Waals surface area contributed by atoms with Gasteiger partial charge in [0.2, 0.25) is 0 Å². The molecule has 0 saturated carbocycles. The quantitative estimate of drug-likeness (QED) is 0.573. The van der Waals surface area contributed by atoms with Gasteiger partial charge < -0.3 is 12.4 Å². The minimum atomic E-state index is 0. The minimum Gasteiger partial charge on any atom is -1.00 e. The van der Waals surface area contributed by atoms with Crippen molar-refractivity contribution in [3.05, 3.63) is 29.6 Å². The van der Waals surface area contributed by atoms with Crippen LogP contribution in [-0.4, -0.2) is 0 Å². The lowest BCUT2D eigenvalue weighted by Gasteiger charge is -2.01. The van der Waals surface area contributed by atoms with E-state index in [1.165, 1.54) is 24.2 Å². The lowest BCUT2D eigenvalue weighted by molar-refractivity contribution is -0.708. The van der Waals surface area contributed by atoms with Gasteiger partial charge >= 0.3 is 0 Å². The maximum atomic E-state index is 2.38. The van der Waals surface area contributed by atoms with Crippen LogP contribution in [0.3, 0.4) is 0 Å². The SMILES string of the molecule is CCCC[n+]1c(C)cccc1C.[Cl-]. The van der Waals surface area contributed by atoms with Crippen LogP contribution in [0.2, 0.25) is 0 Å². The van der Waals surface area contributed by atoms with Gasteiger partial charge in [-0.1, -0.05) is 13.3 Å². The molecule has 0 unspecified atom stereocenters. The molecular weight excluding hydrogens is 182 g/mol. The maximum Gasteiger partial charge on any atom is 0.178 e. The van der Waals surface area contributed by atoms with Crippen LogP contribution in [0.5, 0.6) is 0 Å². The fourth-order valence-corrected chi connectivity index (χ4v) is 1.45. The van der Waals surface area contributed by atoms with E-state index in [4.69, 9.17) is 0 Å². The Kier molecular flexibility index (Phi) is 5.72. The van der Waals surface area contributed by atoms with Crippen molar-refractivity contribution in [2.45, 2.75) is 40.2 Å². The molecule has 0 atom stereocenters. The zero-order valence-corrected chi connectivity index (χ0v) is 9.43. The van der Waals surface area contributed by atoms with Crippen LogP contribution in [0, 0.1) is 13.8 Å². The molecule has 0 aromatic carbocycles. The molecule has 0 N–H and O–H groups in total. The van der Waals surface area contributed by atoms with E-state index in [1.807, 2.05) is 0 Å². The van der Waals surface area contributed by atoms with Crippen LogP contribution in [0.1, 0.15) is 31.2 Å². The Morgan fingerprint density at radius 2 is 1.69 bits per heavy atom. The Hall–Kier alpha value is -0.560. The van der Waals surface area contributed by atoms with Crippen LogP contribution >= 0.6 is 0 Å². The Morgan fingerprint density at radius 1 is 1.15 bits per heavy atom. The third kappa shape index (κ3) is 3.35. The minimum absolute atomic E-state index is 0. The van der Waals surface area contributed by atoms with Crippen molar-refractivity contribution in [2.24, 2.45) is 0 Å². The highest BCUT2D eigenvalue weighted by Crippen LogP contribution is 1.96. The Labute approximate surface area is 87.2 Å². The summed E-state index contributed by atoms with van der Waals surface area (Å²) in [5.74, 6) is 0. The number of rotatable bonds is 3. The number of aryl methyl sites for hydroxylation is 2. The summed E-state index contributed by atoms with van der Waals surface area (Å²) in [5, 5.41) is 0. The Balaban J connectivity index is 0.00000144. The maximum absolute atomic E-state index is 2.38. The number of nitrogens with zero attached hydrogens (tertiary/aromatic N) is 1. The van der Waals surface area contributed by atoms with Crippen LogP contribution < -0.4 is 17.0 Å². The summed E-state index contributed by atoms with van der Waals surface area (Å²) in [6.45, 7) is 7.73. The molecule has 0 radical (unpaired) electrons. The monoisotopic (exact) mass is 199 g/mol. The summed E-state index contributed by atoms with van der Waals surface area (Å²) in [7, 11) is 0. The molecule has 0 aliphatic heterocycles. The van der Waals surface area contributed by atoms with E-state index in [9.17, 15) is 0 Å². The van der Waals surface area contributed by atoms with E-state index in [-0.39, 0.29) is 12.4 Å². The Morgan fingerprint density at radius 3 is 2.15 bits per heavy atom. The van der Waals surface area contributed by atoms with Crippen molar-refractivity contribution >= 4 is 0 Å². The van der Waals surface area contributed by atoms with E-state index >= 15 is 0 Å². The predicted octanol–water partition coefficient (Wildman–Crippen LogP) is -0.605. The normalized spacial score (nSPS) is 9.46. The molecule has 1 rings (SSSR count). The second-order valence-corrected chi connectivity index (χ2v) is 3.31. The zero-order valence-electron chi connectivity index (χ0n) is 8.68. The summed E-state index contributed by atoms with van der Waals surface area (Å²) in [6.07, 6.45) is 2.54. The van der Waals surface area contributed by atoms with E-state index in [0.29, 0.717) is 0 Å². The lowest BCUT2D eigenvalue weighted by atomic mass is 10.2. The number of pyridine rings is 1. The number of unbranched alkanes of at least 4 members (excludes halogenated alkanes) is 1.